The third-order valence-corrected chi connectivity index (χ3v) is 4.71. The first kappa shape index (κ1) is 17.4. The van der Waals surface area contributed by atoms with Crippen LogP contribution in [-0.4, -0.2) is 19.1 Å². The molecule has 1 atom stereocenters. The van der Waals surface area contributed by atoms with Gasteiger partial charge in [-0.25, -0.2) is 4.99 Å². The van der Waals surface area contributed by atoms with E-state index in [1.807, 2.05) is 36.4 Å². The van der Waals surface area contributed by atoms with E-state index in [1.54, 1.807) is 0 Å². The molecule has 0 radical (unpaired) electrons. The van der Waals surface area contributed by atoms with Crippen LogP contribution in [0.3, 0.4) is 0 Å². The van der Waals surface area contributed by atoms with Crippen molar-refractivity contribution in [3.63, 3.8) is 0 Å². The lowest BCUT2D eigenvalue weighted by Gasteiger charge is -2.30. The third kappa shape index (κ3) is 4.07. The number of para-hydroxylation sites is 2. The molecular formula is C22H20ClN3O. The number of aliphatic imine (C=N–C) groups is 1. The number of guanidine groups is 1. The van der Waals surface area contributed by atoms with Crippen LogP contribution in [0.4, 0.5) is 5.69 Å². The lowest BCUT2D eigenvalue weighted by Crippen LogP contribution is -2.39. The molecule has 0 saturated heterocycles. The van der Waals surface area contributed by atoms with Gasteiger partial charge in [-0.05, 0) is 23.8 Å². The maximum Gasteiger partial charge on any atom is 0.196 e. The van der Waals surface area contributed by atoms with Gasteiger partial charge in [-0.2, -0.15) is 0 Å². The van der Waals surface area contributed by atoms with E-state index in [0.717, 1.165) is 11.6 Å². The first-order valence-electron chi connectivity index (χ1n) is 8.90. The molecule has 4 rings (SSSR count). The van der Waals surface area contributed by atoms with Crippen molar-refractivity contribution in [3.05, 3.63) is 95.0 Å². The number of hydrogen-bond acceptors (Lipinski definition) is 2. The van der Waals surface area contributed by atoms with Gasteiger partial charge in [0.05, 0.1) is 17.6 Å². The van der Waals surface area contributed by atoms with Gasteiger partial charge in [-0.1, -0.05) is 72.3 Å². The second-order valence-electron chi connectivity index (χ2n) is 6.21. The van der Waals surface area contributed by atoms with E-state index in [-0.39, 0.29) is 6.04 Å². The fourth-order valence-corrected chi connectivity index (χ4v) is 3.30. The van der Waals surface area contributed by atoms with Crippen LogP contribution in [-0.2, 0) is 0 Å². The molecule has 0 aromatic heterocycles. The summed E-state index contributed by atoms with van der Waals surface area (Å²) in [5.41, 5.74) is 3.47. The molecule has 5 heteroatoms. The Kier molecular flexibility index (Phi) is 5.26. The maximum absolute atomic E-state index is 6.11. The predicted molar refractivity (Wildman–Crippen MR) is 111 cm³/mol. The molecule has 1 aliphatic rings. The fourth-order valence-electron chi connectivity index (χ4n) is 3.11. The number of nitrogens with zero attached hydrogens (tertiary/aromatic N) is 1. The number of rotatable bonds is 5. The van der Waals surface area contributed by atoms with Crippen molar-refractivity contribution in [2.45, 2.75) is 6.04 Å². The van der Waals surface area contributed by atoms with E-state index < -0.39 is 0 Å². The summed E-state index contributed by atoms with van der Waals surface area (Å²) in [5.74, 6) is 1.42. The average molecular weight is 378 g/mol. The van der Waals surface area contributed by atoms with Crippen molar-refractivity contribution in [3.8, 4) is 5.75 Å². The van der Waals surface area contributed by atoms with E-state index in [1.165, 1.54) is 11.1 Å². The largest absolute Gasteiger partial charge is 0.490 e. The molecule has 27 heavy (non-hydrogen) atoms. The molecule has 0 amide bonds. The molecule has 0 spiro atoms. The van der Waals surface area contributed by atoms with Crippen LogP contribution in [0.5, 0.6) is 5.75 Å². The molecule has 4 nitrogen and oxygen atoms in total. The molecule has 2 N–H and O–H groups in total. The van der Waals surface area contributed by atoms with Crippen molar-refractivity contribution < 1.29 is 4.74 Å². The van der Waals surface area contributed by atoms with Crippen LogP contribution in [0.1, 0.15) is 17.2 Å². The molecule has 0 bridgehead atoms. The number of ether oxygens (including phenoxy) is 1. The van der Waals surface area contributed by atoms with Gasteiger partial charge in [-0.15, -0.1) is 0 Å². The van der Waals surface area contributed by atoms with Crippen LogP contribution < -0.4 is 15.4 Å². The smallest absolute Gasteiger partial charge is 0.196 e. The number of fused-ring (bicyclic) bond motifs is 1. The average Bonchev–Trinajstić information content (AvgIpc) is 2.72. The SMILES string of the molecule is Clc1ccccc1OCCN=C1Nc2ccccc2C(c2ccccc2)N1. The number of hydrogen-bond donors (Lipinski definition) is 2. The second kappa shape index (κ2) is 8.14. The monoisotopic (exact) mass is 377 g/mol. The highest BCUT2D eigenvalue weighted by atomic mass is 35.5. The van der Waals surface area contributed by atoms with Gasteiger partial charge in [0.1, 0.15) is 12.4 Å². The van der Waals surface area contributed by atoms with Gasteiger partial charge in [-0.3, -0.25) is 0 Å². The molecule has 136 valence electrons. The summed E-state index contributed by atoms with van der Waals surface area (Å²) < 4.78 is 5.71. The molecule has 3 aromatic rings. The third-order valence-electron chi connectivity index (χ3n) is 4.39. The van der Waals surface area contributed by atoms with E-state index in [2.05, 4.69) is 58.1 Å². The van der Waals surface area contributed by atoms with Crippen LogP contribution in [0.25, 0.3) is 0 Å². The first-order valence-corrected chi connectivity index (χ1v) is 9.28. The molecule has 0 fully saturated rings. The zero-order valence-electron chi connectivity index (χ0n) is 14.7. The summed E-state index contributed by atoms with van der Waals surface area (Å²) in [7, 11) is 0. The Morgan fingerprint density at radius 3 is 2.48 bits per heavy atom. The Morgan fingerprint density at radius 1 is 0.889 bits per heavy atom. The minimum Gasteiger partial charge on any atom is -0.490 e. The van der Waals surface area contributed by atoms with Crippen molar-refractivity contribution >= 4 is 23.2 Å². The highest BCUT2D eigenvalue weighted by molar-refractivity contribution is 6.32. The highest BCUT2D eigenvalue weighted by Crippen LogP contribution is 2.31. The van der Waals surface area contributed by atoms with Crippen LogP contribution in [0, 0.1) is 0 Å². The van der Waals surface area contributed by atoms with E-state index in [0.29, 0.717) is 23.9 Å². The summed E-state index contributed by atoms with van der Waals surface area (Å²) >= 11 is 6.11. The summed E-state index contributed by atoms with van der Waals surface area (Å²) in [6, 6.07) is 26.2. The summed E-state index contributed by atoms with van der Waals surface area (Å²) in [6.07, 6.45) is 0. The van der Waals surface area contributed by atoms with Crippen molar-refractivity contribution in [1.29, 1.82) is 0 Å². The zero-order valence-corrected chi connectivity index (χ0v) is 15.5. The Balaban J connectivity index is 1.48. The minimum absolute atomic E-state index is 0.0619. The van der Waals surface area contributed by atoms with Crippen LogP contribution >= 0.6 is 11.6 Å². The normalized spacial score (nSPS) is 16.9. The lowest BCUT2D eigenvalue weighted by atomic mass is 9.96. The van der Waals surface area contributed by atoms with Gasteiger partial charge in [0.15, 0.2) is 5.96 Å². The maximum atomic E-state index is 6.11. The standard InChI is InChI=1S/C22H20ClN3O/c23-18-11-5-7-13-20(18)27-15-14-24-22-25-19-12-6-4-10-17(19)21(26-22)16-8-2-1-3-9-16/h1-13,21H,14-15H2,(H2,24,25,26). The Morgan fingerprint density at radius 2 is 1.63 bits per heavy atom. The topological polar surface area (TPSA) is 45.6 Å². The van der Waals surface area contributed by atoms with Gasteiger partial charge in [0.25, 0.3) is 0 Å². The van der Waals surface area contributed by atoms with Crippen molar-refractivity contribution in [1.82, 2.24) is 5.32 Å². The second-order valence-corrected chi connectivity index (χ2v) is 6.62. The number of benzene rings is 3. The van der Waals surface area contributed by atoms with Gasteiger partial charge in [0.2, 0.25) is 0 Å². The lowest BCUT2D eigenvalue weighted by molar-refractivity contribution is 0.329. The van der Waals surface area contributed by atoms with Gasteiger partial charge < -0.3 is 15.4 Å². The van der Waals surface area contributed by atoms with Gasteiger partial charge in [0, 0.05) is 11.3 Å². The van der Waals surface area contributed by atoms with Crippen molar-refractivity contribution in [2.24, 2.45) is 4.99 Å². The van der Waals surface area contributed by atoms with E-state index >= 15 is 0 Å². The Bertz CT molecular complexity index is 943. The van der Waals surface area contributed by atoms with Crippen LogP contribution in [0.2, 0.25) is 5.02 Å². The van der Waals surface area contributed by atoms with E-state index in [9.17, 15) is 0 Å². The molecule has 1 heterocycles. The molecule has 0 aliphatic carbocycles. The Hall–Kier alpha value is -2.98. The molecular weight excluding hydrogens is 358 g/mol. The first-order chi connectivity index (χ1) is 13.3. The highest BCUT2D eigenvalue weighted by Gasteiger charge is 2.23. The van der Waals surface area contributed by atoms with Gasteiger partial charge >= 0.3 is 0 Å². The van der Waals surface area contributed by atoms with Crippen molar-refractivity contribution in [2.75, 3.05) is 18.5 Å². The molecule has 0 saturated carbocycles. The zero-order chi connectivity index (χ0) is 18.5. The summed E-state index contributed by atoms with van der Waals surface area (Å²) in [5, 5.41) is 7.47. The number of anilines is 1. The molecule has 1 unspecified atom stereocenters. The minimum atomic E-state index is 0.0619. The predicted octanol–water partition coefficient (Wildman–Crippen LogP) is 4.88. The summed E-state index contributed by atoms with van der Waals surface area (Å²) in [6.45, 7) is 0.971. The molecule has 1 aliphatic heterocycles. The molecule has 3 aromatic carbocycles. The van der Waals surface area contributed by atoms with E-state index in [4.69, 9.17) is 16.3 Å². The quantitative estimate of drug-likeness (QED) is 0.623. The fraction of sp³-hybridized carbons (Fsp3) is 0.136. The number of halogens is 1. The Labute approximate surface area is 163 Å². The number of nitrogens with one attached hydrogen (secondary N) is 2. The summed E-state index contributed by atoms with van der Waals surface area (Å²) in [4.78, 5) is 4.63. The van der Waals surface area contributed by atoms with Crippen LogP contribution in [0.15, 0.2) is 83.9 Å².